The van der Waals surface area contributed by atoms with Crippen molar-refractivity contribution >= 4 is 5.69 Å². The average molecular weight is 370 g/mol. The fraction of sp³-hybridized carbons (Fsp3) is 0.381. The van der Waals surface area contributed by atoms with Crippen LogP contribution in [0.15, 0.2) is 30.3 Å². The summed E-state index contributed by atoms with van der Waals surface area (Å²) in [5.41, 5.74) is 3.24. The summed E-state index contributed by atoms with van der Waals surface area (Å²) >= 11 is 0. The predicted octanol–water partition coefficient (Wildman–Crippen LogP) is 1.93. The lowest BCUT2D eigenvalue weighted by atomic mass is 10.1. The van der Waals surface area contributed by atoms with E-state index in [2.05, 4.69) is 11.8 Å². The Balaban J connectivity index is 1.69. The minimum absolute atomic E-state index is 0.136. The van der Waals surface area contributed by atoms with E-state index in [1.807, 2.05) is 24.3 Å². The maximum Gasteiger partial charge on any atom is 0.161 e. The number of methoxy groups -OCH3 is 2. The lowest BCUT2D eigenvalue weighted by Crippen LogP contribution is -3.13. The van der Waals surface area contributed by atoms with Crippen molar-refractivity contribution in [3.63, 3.8) is 0 Å². The molecule has 6 heteroatoms. The van der Waals surface area contributed by atoms with Crippen molar-refractivity contribution in [1.29, 1.82) is 5.26 Å². The van der Waals surface area contributed by atoms with Crippen LogP contribution in [0.5, 0.6) is 11.5 Å². The van der Waals surface area contributed by atoms with Gasteiger partial charge in [-0.1, -0.05) is 6.07 Å². The fourth-order valence-electron chi connectivity index (χ4n) is 3.61. The van der Waals surface area contributed by atoms with E-state index in [-0.39, 0.29) is 5.56 Å². The van der Waals surface area contributed by atoms with E-state index >= 15 is 0 Å². The standard InChI is InChI=1S/C21H24FN3O2/c1-15-11-20(26-2)21(27-3)12-16(15)14-24-7-9-25(10-8-24)19-6-4-5-18(22)17(19)13-23/h4-6,11-12H,7-10,14H2,1-3H3/p+1. The highest BCUT2D eigenvalue weighted by molar-refractivity contribution is 5.60. The maximum absolute atomic E-state index is 13.9. The number of nitriles is 1. The first-order chi connectivity index (χ1) is 13.1. The Bertz CT molecular complexity index is 855. The molecule has 1 aliphatic heterocycles. The maximum atomic E-state index is 13.9. The Morgan fingerprint density at radius 1 is 1.15 bits per heavy atom. The molecular formula is C21H25FN3O2+. The van der Waals surface area contributed by atoms with Crippen molar-refractivity contribution in [3.05, 3.63) is 52.8 Å². The molecule has 1 saturated heterocycles. The Kier molecular flexibility index (Phi) is 5.82. The van der Waals surface area contributed by atoms with Crippen LogP contribution in [0.2, 0.25) is 0 Å². The molecule has 0 spiro atoms. The van der Waals surface area contributed by atoms with Crippen LogP contribution >= 0.6 is 0 Å². The molecule has 0 radical (unpaired) electrons. The molecule has 2 aromatic carbocycles. The highest BCUT2D eigenvalue weighted by Gasteiger charge is 2.24. The lowest BCUT2D eigenvalue weighted by molar-refractivity contribution is -0.914. The monoisotopic (exact) mass is 370 g/mol. The van der Waals surface area contributed by atoms with Crippen molar-refractivity contribution in [3.8, 4) is 17.6 Å². The number of piperazine rings is 1. The smallest absolute Gasteiger partial charge is 0.161 e. The molecule has 1 heterocycles. The summed E-state index contributed by atoms with van der Waals surface area (Å²) in [6.45, 7) is 6.41. The van der Waals surface area contributed by atoms with Crippen molar-refractivity contribution in [2.24, 2.45) is 0 Å². The number of hydrogen-bond donors (Lipinski definition) is 1. The number of rotatable bonds is 5. The molecule has 27 heavy (non-hydrogen) atoms. The van der Waals surface area contributed by atoms with Crippen LogP contribution < -0.4 is 19.3 Å². The van der Waals surface area contributed by atoms with Crippen LogP contribution in [-0.4, -0.2) is 40.4 Å². The highest BCUT2D eigenvalue weighted by Crippen LogP contribution is 2.30. The quantitative estimate of drug-likeness (QED) is 0.874. The molecule has 142 valence electrons. The van der Waals surface area contributed by atoms with Gasteiger partial charge in [0.15, 0.2) is 11.5 Å². The lowest BCUT2D eigenvalue weighted by Gasteiger charge is -2.34. The topological polar surface area (TPSA) is 49.9 Å². The summed E-state index contributed by atoms with van der Waals surface area (Å²) in [5.74, 6) is 1.04. The predicted molar refractivity (Wildman–Crippen MR) is 102 cm³/mol. The molecule has 1 fully saturated rings. The number of quaternary nitrogens is 1. The minimum Gasteiger partial charge on any atom is -0.493 e. The van der Waals surface area contributed by atoms with Crippen LogP contribution in [0.4, 0.5) is 10.1 Å². The van der Waals surface area contributed by atoms with Crippen LogP contribution in [0, 0.1) is 24.1 Å². The van der Waals surface area contributed by atoms with Gasteiger partial charge < -0.3 is 19.3 Å². The van der Waals surface area contributed by atoms with E-state index in [0.29, 0.717) is 5.69 Å². The van der Waals surface area contributed by atoms with Crippen molar-refractivity contribution in [2.45, 2.75) is 13.5 Å². The third kappa shape index (κ3) is 3.99. The van der Waals surface area contributed by atoms with Gasteiger partial charge in [-0.25, -0.2) is 4.39 Å². The molecule has 0 amide bonds. The second-order valence-electron chi connectivity index (χ2n) is 6.79. The molecule has 2 aromatic rings. The molecule has 0 aromatic heterocycles. The van der Waals surface area contributed by atoms with Gasteiger partial charge in [-0.05, 0) is 36.8 Å². The van der Waals surface area contributed by atoms with Crippen molar-refractivity contribution in [1.82, 2.24) is 0 Å². The number of ether oxygens (including phenoxy) is 2. The number of aryl methyl sites for hydroxylation is 1. The zero-order valence-corrected chi connectivity index (χ0v) is 16.0. The number of halogens is 1. The van der Waals surface area contributed by atoms with E-state index in [0.717, 1.165) is 44.2 Å². The summed E-state index contributed by atoms with van der Waals surface area (Å²) in [6, 6.07) is 10.9. The molecule has 1 aliphatic rings. The van der Waals surface area contributed by atoms with Gasteiger partial charge in [0.05, 0.1) is 46.1 Å². The van der Waals surface area contributed by atoms with E-state index in [1.165, 1.54) is 22.1 Å². The van der Waals surface area contributed by atoms with Gasteiger partial charge in [0.2, 0.25) is 0 Å². The molecule has 5 nitrogen and oxygen atoms in total. The summed E-state index contributed by atoms with van der Waals surface area (Å²) < 4.78 is 24.7. The minimum atomic E-state index is -0.453. The summed E-state index contributed by atoms with van der Waals surface area (Å²) in [6.07, 6.45) is 0. The Labute approximate surface area is 159 Å². The normalized spacial score (nSPS) is 14.7. The Morgan fingerprint density at radius 3 is 2.44 bits per heavy atom. The highest BCUT2D eigenvalue weighted by atomic mass is 19.1. The zero-order chi connectivity index (χ0) is 19.4. The van der Waals surface area contributed by atoms with Crippen LogP contribution in [0.25, 0.3) is 0 Å². The van der Waals surface area contributed by atoms with Gasteiger partial charge in [0, 0.05) is 5.56 Å². The Hall–Kier alpha value is -2.78. The van der Waals surface area contributed by atoms with Gasteiger partial charge >= 0.3 is 0 Å². The van der Waals surface area contributed by atoms with Crippen LogP contribution in [-0.2, 0) is 6.54 Å². The van der Waals surface area contributed by atoms with E-state index in [4.69, 9.17) is 9.47 Å². The molecular weight excluding hydrogens is 345 g/mol. The Morgan fingerprint density at radius 2 is 1.81 bits per heavy atom. The third-order valence-corrected chi connectivity index (χ3v) is 5.20. The molecule has 0 aliphatic carbocycles. The molecule has 0 saturated carbocycles. The number of nitrogens with zero attached hydrogens (tertiary/aromatic N) is 2. The van der Waals surface area contributed by atoms with E-state index in [9.17, 15) is 9.65 Å². The average Bonchev–Trinajstić information content (AvgIpc) is 2.69. The van der Waals surface area contributed by atoms with Crippen molar-refractivity contribution < 1.29 is 18.8 Å². The van der Waals surface area contributed by atoms with Gasteiger partial charge in [-0.3, -0.25) is 0 Å². The van der Waals surface area contributed by atoms with Gasteiger partial charge in [0.1, 0.15) is 24.0 Å². The molecule has 0 atom stereocenters. The molecule has 0 bridgehead atoms. The first-order valence-corrected chi connectivity index (χ1v) is 9.06. The summed E-state index contributed by atoms with van der Waals surface area (Å²) in [4.78, 5) is 3.56. The first-order valence-electron chi connectivity index (χ1n) is 9.06. The van der Waals surface area contributed by atoms with Gasteiger partial charge in [-0.15, -0.1) is 0 Å². The SMILES string of the molecule is COc1cc(C)c(C[NH+]2CCN(c3cccc(F)c3C#N)CC2)cc1OC. The van der Waals surface area contributed by atoms with Crippen LogP contribution in [0.3, 0.4) is 0 Å². The molecule has 0 unspecified atom stereocenters. The van der Waals surface area contributed by atoms with E-state index in [1.54, 1.807) is 20.3 Å². The first kappa shape index (κ1) is 19.0. The third-order valence-electron chi connectivity index (χ3n) is 5.20. The van der Waals surface area contributed by atoms with E-state index < -0.39 is 5.82 Å². The van der Waals surface area contributed by atoms with Gasteiger partial charge in [0.25, 0.3) is 0 Å². The van der Waals surface area contributed by atoms with Crippen molar-refractivity contribution in [2.75, 3.05) is 45.3 Å². The number of nitrogens with one attached hydrogen (secondary N) is 1. The summed E-state index contributed by atoms with van der Waals surface area (Å²) in [5, 5.41) is 9.26. The zero-order valence-electron chi connectivity index (χ0n) is 16.0. The molecule has 1 N–H and O–H groups in total. The number of hydrogen-bond acceptors (Lipinski definition) is 4. The van der Waals surface area contributed by atoms with Gasteiger partial charge in [-0.2, -0.15) is 5.26 Å². The number of anilines is 1. The second-order valence-corrected chi connectivity index (χ2v) is 6.79. The fourth-order valence-corrected chi connectivity index (χ4v) is 3.61. The second kappa shape index (κ2) is 8.28. The number of benzene rings is 2. The largest absolute Gasteiger partial charge is 0.493 e. The molecule has 3 rings (SSSR count). The van der Waals surface area contributed by atoms with Crippen LogP contribution in [0.1, 0.15) is 16.7 Å². The summed E-state index contributed by atoms with van der Waals surface area (Å²) in [7, 11) is 3.29.